The topological polar surface area (TPSA) is 79.3 Å². The third-order valence-electron chi connectivity index (χ3n) is 4.57. The Morgan fingerprint density at radius 2 is 1.69 bits per heavy atom. The van der Waals surface area contributed by atoms with Crippen molar-refractivity contribution in [2.45, 2.75) is 19.1 Å². The molecular formula is C22H25N5O2. The van der Waals surface area contributed by atoms with Crippen LogP contribution < -0.4 is 10.6 Å². The van der Waals surface area contributed by atoms with E-state index in [1.165, 1.54) is 12.6 Å². The highest BCUT2D eigenvalue weighted by Crippen LogP contribution is 2.21. The SMILES string of the molecule is CNC(=O)NC(=O)[C@@H](c1ccccc1)N(C)Cc1cnn(Cc2ccccc2)c1. The number of carbonyl (C=O) groups excluding carboxylic acids is 2. The van der Waals surface area contributed by atoms with Crippen molar-refractivity contribution in [1.82, 2.24) is 25.3 Å². The number of imide groups is 1. The van der Waals surface area contributed by atoms with Gasteiger partial charge in [0.2, 0.25) is 5.91 Å². The second-order valence-electron chi connectivity index (χ2n) is 6.83. The maximum Gasteiger partial charge on any atom is 0.321 e. The lowest BCUT2D eigenvalue weighted by atomic mass is 10.0. The molecule has 3 amide bonds. The Morgan fingerprint density at radius 1 is 1.03 bits per heavy atom. The Labute approximate surface area is 170 Å². The van der Waals surface area contributed by atoms with E-state index in [1.54, 1.807) is 6.20 Å². The Kier molecular flexibility index (Phi) is 6.76. The second-order valence-corrected chi connectivity index (χ2v) is 6.83. The van der Waals surface area contributed by atoms with Gasteiger partial charge in [0.1, 0.15) is 6.04 Å². The Bertz CT molecular complexity index is 940. The van der Waals surface area contributed by atoms with Crippen LogP contribution in [0.2, 0.25) is 0 Å². The highest BCUT2D eigenvalue weighted by Gasteiger charge is 2.26. The molecule has 7 heteroatoms. The first kappa shape index (κ1) is 20.3. The van der Waals surface area contributed by atoms with Gasteiger partial charge in [-0.2, -0.15) is 5.10 Å². The molecule has 1 atom stereocenters. The smallest absolute Gasteiger partial charge is 0.321 e. The molecule has 3 aromatic rings. The highest BCUT2D eigenvalue weighted by atomic mass is 16.2. The molecule has 0 saturated carbocycles. The van der Waals surface area contributed by atoms with Gasteiger partial charge in [0.05, 0.1) is 12.7 Å². The van der Waals surface area contributed by atoms with Crippen LogP contribution in [0.4, 0.5) is 4.79 Å². The number of benzene rings is 2. The van der Waals surface area contributed by atoms with Crippen LogP contribution in [0.3, 0.4) is 0 Å². The fourth-order valence-electron chi connectivity index (χ4n) is 3.21. The first-order chi connectivity index (χ1) is 14.1. The highest BCUT2D eigenvalue weighted by molar-refractivity contribution is 5.97. The number of hydrogen-bond donors (Lipinski definition) is 2. The third kappa shape index (κ3) is 5.52. The summed E-state index contributed by atoms with van der Waals surface area (Å²) in [5, 5.41) is 9.22. The summed E-state index contributed by atoms with van der Waals surface area (Å²) >= 11 is 0. The number of nitrogens with one attached hydrogen (secondary N) is 2. The van der Waals surface area contributed by atoms with Crippen LogP contribution in [0, 0.1) is 0 Å². The minimum atomic E-state index is -0.606. The summed E-state index contributed by atoms with van der Waals surface area (Å²) < 4.78 is 1.88. The van der Waals surface area contributed by atoms with Crippen molar-refractivity contribution in [3.63, 3.8) is 0 Å². The van der Waals surface area contributed by atoms with Gasteiger partial charge in [-0.3, -0.25) is 19.7 Å². The first-order valence-corrected chi connectivity index (χ1v) is 9.40. The van der Waals surface area contributed by atoms with E-state index in [0.717, 1.165) is 11.1 Å². The fourth-order valence-corrected chi connectivity index (χ4v) is 3.21. The predicted octanol–water partition coefficient (Wildman–Crippen LogP) is 2.56. The molecule has 0 aliphatic rings. The number of rotatable bonds is 7. The molecule has 29 heavy (non-hydrogen) atoms. The van der Waals surface area contributed by atoms with Gasteiger partial charge in [-0.15, -0.1) is 0 Å². The molecule has 0 saturated heterocycles. The van der Waals surface area contributed by atoms with Gasteiger partial charge in [-0.25, -0.2) is 4.79 Å². The van der Waals surface area contributed by atoms with Gasteiger partial charge in [-0.05, 0) is 18.2 Å². The summed E-state index contributed by atoms with van der Waals surface area (Å²) in [6.45, 7) is 1.19. The van der Waals surface area contributed by atoms with Crippen molar-refractivity contribution in [3.05, 3.63) is 89.7 Å². The number of carbonyl (C=O) groups is 2. The molecule has 1 aromatic heterocycles. The zero-order chi connectivity index (χ0) is 20.6. The Morgan fingerprint density at radius 3 is 2.34 bits per heavy atom. The molecule has 150 valence electrons. The van der Waals surface area contributed by atoms with Crippen LogP contribution in [-0.2, 0) is 17.9 Å². The summed E-state index contributed by atoms with van der Waals surface area (Å²) in [5.41, 5.74) is 2.97. The van der Waals surface area contributed by atoms with Crippen molar-refractivity contribution < 1.29 is 9.59 Å². The maximum absolute atomic E-state index is 12.8. The normalized spacial score (nSPS) is 11.8. The molecule has 0 radical (unpaired) electrons. The number of hydrogen-bond acceptors (Lipinski definition) is 4. The van der Waals surface area contributed by atoms with E-state index in [2.05, 4.69) is 27.9 Å². The van der Waals surface area contributed by atoms with E-state index >= 15 is 0 Å². The van der Waals surface area contributed by atoms with Crippen LogP contribution in [-0.4, -0.2) is 40.7 Å². The summed E-state index contributed by atoms with van der Waals surface area (Å²) in [7, 11) is 3.33. The monoisotopic (exact) mass is 391 g/mol. The van der Waals surface area contributed by atoms with Crippen molar-refractivity contribution in [1.29, 1.82) is 0 Å². The standard InChI is InChI=1S/C22H25N5O2/c1-23-22(29)25-21(28)20(19-11-7-4-8-12-19)26(2)14-18-13-24-27(16-18)15-17-9-5-3-6-10-17/h3-13,16,20H,14-15H2,1-2H3,(H2,23,25,28,29)/t20-/m1/s1. The average Bonchev–Trinajstić information content (AvgIpc) is 3.16. The molecule has 2 N–H and O–H groups in total. The lowest BCUT2D eigenvalue weighted by Gasteiger charge is -2.26. The van der Waals surface area contributed by atoms with Crippen LogP contribution in [0.1, 0.15) is 22.7 Å². The number of likely N-dealkylation sites (N-methyl/N-ethyl adjacent to an activating group) is 1. The van der Waals surface area contributed by atoms with E-state index in [9.17, 15) is 9.59 Å². The van der Waals surface area contributed by atoms with Crippen LogP contribution in [0.15, 0.2) is 73.1 Å². The zero-order valence-electron chi connectivity index (χ0n) is 16.6. The molecule has 3 rings (SSSR count). The Hall–Kier alpha value is -3.45. The lowest BCUT2D eigenvalue weighted by molar-refractivity contribution is -0.125. The third-order valence-corrected chi connectivity index (χ3v) is 4.57. The second kappa shape index (κ2) is 9.66. The van der Waals surface area contributed by atoms with E-state index in [1.807, 2.05) is 71.4 Å². The number of nitrogens with zero attached hydrogens (tertiary/aromatic N) is 3. The molecule has 1 heterocycles. The summed E-state index contributed by atoms with van der Waals surface area (Å²) in [6.07, 6.45) is 3.78. The first-order valence-electron chi connectivity index (χ1n) is 9.40. The largest absolute Gasteiger partial charge is 0.341 e. The average molecular weight is 391 g/mol. The molecule has 0 fully saturated rings. The minimum Gasteiger partial charge on any atom is -0.341 e. The summed E-state index contributed by atoms with van der Waals surface area (Å²) in [4.78, 5) is 26.3. The molecule has 2 aromatic carbocycles. The molecule has 0 bridgehead atoms. The minimum absolute atomic E-state index is 0.380. The van der Waals surface area contributed by atoms with E-state index in [-0.39, 0.29) is 5.91 Å². The van der Waals surface area contributed by atoms with Gasteiger partial charge >= 0.3 is 6.03 Å². The number of amides is 3. The molecule has 0 unspecified atom stereocenters. The van der Waals surface area contributed by atoms with Crippen molar-refractivity contribution in [2.75, 3.05) is 14.1 Å². The quantitative estimate of drug-likeness (QED) is 0.649. The number of urea groups is 1. The molecule has 0 aliphatic heterocycles. The molecule has 7 nitrogen and oxygen atoms in total. The van der Waals surface area contributed by atoms with Crippen molar-refractivity contribution in [3.8, 4) is 0 Å². The summed E-state index contributed by atoms with van der Waals surface area (Å²) in [6, 6.07) is 18.4. The molecule has 0 aliphatic carbocycles. The predicted molar refractivity (Wildman–Crippen MR) is 111 cm³/mol. The number of aromatic nitrogens is 2. The van der Waals surface area contributed by atoms with E-state index in [0.29, 0.717) is 13.1 Å². The summed E-state index contributed by atoms with van der Waals surface area (Å²) in [5.74, 6) is -0.380. The fraction of sp³-hybridized carbons (Fsp3) is 0.227. The van der Waals surface area contributed by atoms with Crippen molar-refractivity contribution in [2.24, 2.45) is 0 Å². The van der Waals surface area contributed by atoms with Crippen LogP contribution in [0.25, 0.3) is 0 Å². The van der Waals surface area contributed by atoms with Gasteiger partial charge in [-0.1, -0.05) is 60.7 Å². The van der Waals surface area contributed by atoms with Gasteiger partial charge in [0.25, 0.3) is 0 Å². The zero-order valence-corrected chi connectivity index (χ0v) is 16.6. The molecular weight excluding hydrogens is 366 g/mol. The van der Waals surface area contributed by atoms with E-state index in [4.69, 9.17) is 0 Å². The van der Waals surface area contributed by atoms with Crippen molar-refractivity contribution >= 4 is 11.9 Å². The maximum atomic E-state index is 12.8. The molecule has 0 spiro atoms. The Balaban J connectivity index is 1.73. The van der Waals surface area contributed by atoms with Gasteiger partial charge < -0.3 is 5.32 Å². The van der Waals surface area contributed by atoms with Gasteiger partial charge in [0, 0.05) is 25.4 Å². The lowest BCUT2D eigenvalue weighted by Crippen LogP contribution is -2.44. The van der Waals surface area contributed by atoms with Crippen LogP contribution in [0.5, 0.6) is 0 Å². The van der Waals surface area contributed by atoms with E-state index < -0.39 is 12.1 Å². The van der Waals surface area contributed by atoms with Crippen LogP contribution >= 0.6 is 0 Å². The van der Waals surface area contributed by atoms with Gasteiger partial charge in [0.15, 0.2) is 0 Å².